The van der Waals surface area contributed by atoms with Gasteiger partial charge in [-0.2, -0.15) is 0 Å². The lowest BCUT2D eigenvalue weighted by Gasteiger charge is -2.32. The van der Waals surface area contributed by atoms with E-state index in [4.69, 9.17) is 4.74 Å². The molecule has 0 aromatic heterocycles. The molecule has 2 aliphatic rings. The summed E-state index contributed by atoms with van der Waals surface area (Å²) < 4.78 is 6.06. The van der Waals surface area contributed by atoms with Gasteiger partial charge in [0.15, 0.2) is 0 Å². The second-order valence-corrected chi connectivity index (χ2v) is 8.51. The van der Waals surface area contributed by atoms with Crippen LogP contribution in [0, 0.1) is 17.8 Å². The first-order valence-corrected chi connectivity index (χ1v) is 11.2. The van der Waals surface area contributed by atoms with Gasteiger partial charge in [0.25, 0.3) is 0 Å². The molecule has 2 fully saturated rings. The standard InChI is InChI=1S/C24H42O/c1-3-5-7-8-20-25-24-18-16-23(17-19-24)15-14-22-12-10-21(11-13-22)9-6-4-2/h4-5,7,21-24H,2-3,6,8-20H2,1H3/b7-5-. The number of ether oxygens (including phenoxy) is 1. The lowest BCUT2D eigenvalue weighted by atomic mass is 9.76. The minimum Gasteiger partial charge on any atom is -0.378 e. The van der Waals surface area contributed by atoms with E-state index in [0.29, 0.717) is 6.10 Å². The molecule has 0 unspecified atom stereocenters. The van der Waals surface area contributed by atoms with E-state index in [1.165, 1.54) is 77.0 Å². The maximum absolute atomic E-state index is 6.06. The topological polar surface area (TPSA) is 9.23 Å². The van der Waals surface area contributed by atoms with Gasteiger partial charge in [0, 0.05) is 0 Å². The molecule has 0 spiro atoms. The average Bonchev–Trinajstić information content (AvgIpc) is 2.66. The highest BCUT2D eigenvalue weighted by Crippen LogP contribution is 2.37. The minimum absolute atomic E-state index is 0.548. The van der Waals surface area contributed by atoms with Crippen molar-refractivity contribution in [3.8, 4) is 0 Å². The van der Waals surface area contributed by atoms with Crippen LogP contribution in [0.2, 0.25) is 0 Å². The van der Waals surface area contributed by atoms with Gasteiger partial charge in [-0.15, -0.1) is 6.58 Å². The van der Waals surface area contributed by atoms with Gasteiger partial charge in [-0.1, -0.05) is 63.7 Å². The van der Waals surface area contributed by atoms with Crippen LogP contribution >= 0.6 is 0 Å². The van der Waals surface area contributed by atoms with Crippen LogP contribution in [0.5, 0.6) is 0 Å². The van der Waals surface area contributed by atoms with E-state index in [9.17, 15) is 0 Å². The Morgan fingerprint density at radius 3 is 1.88 bits per heavy atom. The molecular weight excluding hydrogens is 304 g/mol. The Labute approximate surface area is 157 Å². The van der Waals surface area contributed by atoms with Crippen molar-refractivity contribution in [3.05, 3.63) is 24.8 Å². The van der Waals surface area contributed by atoms with Crippen molar-refractivity contribution < 1.29 is 4.74 Å². The first kappa shape index (κ1) is 20.7. The van der Waals surface area contributed by atoms with Crippen LogP contribution in [-0.2, 0) is 4.74 Å². The molecule has 144 valence electrons. The summed E-state index contributed by atoms with van der Waals surface area (Å²) >= 11 is 0. The molecule has 1 nitrogen and oxygen atoms in total. The smallest absolute Gasteiger partial charge is 0.0575 e. The molecule has 0 bridgehead atoms. The van der Waals surface area contributed by atoms with Crippen LogP contribution in [0.15, 0.2) is 24.8 Å². The van der Waals surface area contributed by atoms with Crippen LogP contribution < -0.4 is 0 Å². The third kappa shape index (κ3) is 8.58. The summed E-state index contributed by atoms with van der Waals surface area (Å²) in [5, 5.41) is 0. The van der Waals surface area contributed by atoms with Crippen LogP contribution in [0.25, 0.3) is 0 Å². The number of rotatable bonds is 11. The van der Waals surface area contributed by atoms with E-state index in [0.717, 1.165) is 37.2 Å². The molecular formula is C24H42O. The van der Waals surface area contributed by atoms with Gasteiger partial charge in [-0.05, 0) is 69.1 Å². The normalized spacial score (nSPS) is 30.6. The van der Waals surface area contributed by atoms with Gasteiger partial charge >= 0.3 is 0 Å². The van der Waals surface area contributed by atoms with Crippen LogP contribution in [0.1, 0.15) is 96.8 Å². The summed E-state index contributed by atoms with van der Waals surface area (Å²) in [5.41, 5.74) is 0. The quantitative estimate of drug-likeness (QED) is 0.278. The van der Waals surface area contributed by atoms with Gasteiger partial charge < -0.3 is 4.74 Å². The second-order valence-electron chi connectivity index (χ2n) is 8.51. The fourth-order valence-corrected chi connectivity index (χ4v) is 4.81. The third-order valence-corrected chi connectivity index (χ3v) is 6.56. The largest absolute Gasteiger partial charge is 0.378 e. The first-order chi connectivity index (χ1) is 12.3. The molecule has 0 aromatic rings. The molecule has 0 radical (unpaired) electrons. The highest BCUT2D eigenvalue weighted by atomic mass is 16.5. The molecule has 0 aliphatic heterocycles. The molecule has 2 aliphatic carbocycles. The van der Waals surface area contributed by atoms with Crippen LogP contribution in [0.4, 0.5) is 0 Å². The Kier molecular flexibility index (Phi) is 10.6. The predicted octanol–water partition coefficient (Wildman–Crippen LogP) is 7.47. The van der Waals surface area contributed by atoms with Gasteiger partial charge in [0.05, 0.1) is 12.7 Å². The SMILES string of the molecule is C=CCCC1CCC(CCC2CCC(OCC/C=C\CC)CC2)CC1. The highest BCUT2D eigenvalue weighted by Gasteiger charge is 2.24. The Hall–Kier alpha value is -0.560. The van der Waals surface area contributed by atoms with E-state index in [1.54, 1.807) is 0 Å². The predicted molar refractivity (Wildman–Crippen MR) is 110 cm³/mol. The van der Waals surface area contributed by atoms with Crippen molar-refractivity contribution in [2.75, 3.05) is 6.61 Å². The number of hydrogen-bond acceptors (Lipinski definition) is 1. The van der Waals surface area contributed by atoms with E-state index >= 15 is 0 Å². The third-order valence-electron chi connectivity index (χ3n) is 6.56. The van der Waals surface area contributed by atoms with Crippen molar-refractivity contribution in [1.82, 2.24) is 0 Å². The zero-order valence-electron chi connectivity index (χ0n) is 16.8. The average molecular weight is 347 g/mol. The Morgan fingerprint density at radius 2 is 1.32 bits per heavy atom. The molecule has 0 heterocycles. The maximum atomic E-state index is 6.06. The summed E-state index contributed by atoms with van der Waals surface area (Å²) in [7, 11) is 0. The van der Waals surface area contributed by atoms with Crippen molar-refractivity contribution in [1.29, 1.82) is 0 Å². The zero-order chi connectivity index (χ0) is 17.7. The number of allylic oxidation sites excluding steroid dienone is 2. The van der Waals surface area contributed by atoms with Crippen LogP contribution in [0.3, 0.4) is 0 Å². The van der Waals surface area contributed by atoms with Crippen molar-refractivity contribution in [2.45, 2.75) is 103 Å². The molecule has 2 saturated carbocycles. The van der Waals surface area contributed by atoms with E-state index in [-0.39, 0.29) is 0 Å². The van der Waals surface area contributed by atoms with Gasteiger partial charge in [0.1, 0.15) is 0 Å². The van der Waals surface area contributed by atoms with Crippen molar-refractivity contribution >= 4 is 0 Å². The van der Waals surface area contributed by atoms with Crippen molar-refractivity contribution in [3.63, 3.8) is 0 Å². The molecule has 0 saturated heterocycles. The zero-order valence-corrected chi connectivity index (χ0v) is 16.8. The molecule has 0 atom stereocenters. The summed E-state index contributed by atoms with van der Waals surface area (Å²) in [6.45, 7) is 6.97. The summed E-state index contributed by atoms with van der Waals surface area (Å²) in [5.74, 6) is 3.01. The van der Waals surface area contributed by atoms with Crippen molar-refractivity contribution in [2.24, 2.45) is 17.8 Å². The van der Waals surface area contributed by atoms with E-state index in [1.807, 2.05) is 0 Å². The lowest BCUT2D eigenvalue weighted by molar-refractivity contribution is 0.0188. The molecule has 0 aromatic carbocycles. The molecule has 2 rings (SSSR count). The van der Waals surface area contributed by atoms with Crippen LogP contribution in [-0.4, -0.2) is 12.7 Å². The Bertz CT molecular complexity index is 356. The first-order valence-electron chi connectivity index (χ1n) is 11.2. The molecule has 0 N–H and O–H groups in total. The molecule has 25 heavy (non-hydrogen) atoms. The lowest BCUT2D eigenvalue weighted by Crippen LogP contribution is -2.23. The second kappa shape index (κ2) is 12.7. The van der Waals surface area contributed by atoms with Gasteiger partial charge in [-0.3, -0.25) is 0 Å². The monoisotopic (exact) mass is 346 g/mol. The van der Waals surface area contributed by atoms with E-state index in [2.05, 4.69) is 31.7 Å². The minimum atomic E-state index is 0.548. The highest BCUT2D eigenvalue weighted by molar-refractivity contribution is 4.81. The fourth-order valence-electron chi connectivity index (χ4n) is 4.81. The maximum Gasteiger partial charge on any atom is 0.0575 e. The summed E-state index contributed by atoms with van der Waals surface area (Å²) in [6.07, 6.45) is 26.3. The number of hydrogen-bond donors (Lipinski definition) is 0. The molecule has 1 heteroatoms. The van der Waals surface area contributed by atoms with E-state index < -0.39 is 0 Å². The summed E-state index contributed by atoms with van der Waals surface area (Å²) in [4.78, 5) is 0. The summed E-state index contributed by atoms with van der Waals surface area (Å²) in [6, 6.07) is 0. The Morgan fingerprint density at radius 1 is 0.760 bits per heavy atom. The molecule has 0 amide bonds. The van der Waals surface area contributed by atoms with Gasteiger partial charge in [0.2, 0.25) is 0 Å². The fraction of sp³-hybridized carbons (Fsp3) is 0.833. The Balaban J connectivity index is 1.50. The van der Waals surface area contributed by atoms with Gasteiger partial charge in [-0.25, -0.2) is 0 Å².